The molecule has 5 heteroatoms. The molecule has 1 aromatic heterocycles. The number of halogens is 2. The van der Waals surface area contributed by atoms with Crippen molar-refractivity contribution in [1.82, 2.24) is 14.9 Å². The Hall–Kier alpha value is -1.39. The number of benzene rings is 1. The second kappa shape index (κ2) is 6.17. The van der Waals surface area contributed by atoms with Gasteiger partial charge in [-0.25, -0.2) is 9.37 Å². The third kappa shape index (κ3) is 3.14. The molecule has 0 saturated carbocycles. The van der Waals surface area contributed by atoms with Crippen molar-refractivity contribution < 1.29 is 4.39 Å². The fraction of sp³-hybridized carbons (Fsp3) is 0.357. The van der Waals surface area contributed by atoms with Crippen LogP contribution in [0, 0.1) is 5.82 Å². The fourth-order valence-corrected chi connectivity index (χ4v) is 2.33. The third-order valence-electron chi connectivity index (χ3n) is 3.21. The average molecular weight is 282 g/mol. The molecule has 1 N–H and O–H groups in total. The van der Waals surface area contributed by atoms with Crippen molar-refractivity contribution >= 4 is 11.6 Å². The summed E-state index contributed by atoms with van der Waals surface area (Å²) < 4.78 is 15.9. The predicted molar refractivity (Wildman–Crippen MR) is 74.8 cm³/mol. The lowest BCUT2D eigenvalue weighted by Crippen LogP contribution is -2.22. The highest BCUT2D eigenvalue weighted by Crippen LogP contribution is 2.23. The van der Waals surface area contributed by atoms with Gasteiger partial charge in [0.05, 0.1) is 0 Å². The molecule has 2 rings (SSSR count). The molecule has 2 aromatic rings. The fourth-order valence-electron chi connectivity index (χ4n) is 2.15. The zero-order valence-corrected chi connectivity index (χ0v) is 11.8. The van der Waals surface area contributed by atoms with Crippen molar-refractivity contribution in [3.05, 3.63) is 52.8 Å². The lowest BCUT2D eigenvalue weighted by atomic mass is 10.0. The molecule has 1 heterocycles. The van der Waals surface area contributed by atoms with E-state index in [0.29, 0.717) is 17.0 Å². The molecule has 102 valence electrons. The minimum Gasteiger partial charge on any atom is -0.335 e. The number of rotatable bonds is 5. The normalized spacial score (nSPS) is 12.6. The van der Waals surface area contributed by atoms with Crippen molar-refractivity contribution in [2.45, 2.75) is 25.9 Å². The van der Waals surface area contributed by atoms with Gasteiger partial charge in [-0.15, -0.1) is 0 Å². The summed E-state index contributed by atoms with van der Waals surface area (Å²) in [5.41, 5.74) is 0.570. The number of likely N-dealkylation sites (N-methyl/N-ethyl adjacent to an activating group) is 1. The summed E-state index contributed by atoms with van der Waals surface area (Å²) in [6, 6.07) is 4.47. The van der Waals surface area contributed by atoms with Gasteiger partial charge >= 0.3 is 0 Å². The van der Waals surface area contributed by atoms with E-state index >= 15 is 0 Å². The highest BCUT2D eigenvalue weighted by molar-refractivity contribution is 6.30. The third-order valence-corrected chi connectivity index (χ3v) is 3.45. The van der Waals surface area contributed by atoms with Crippen molar-refractivity contribution in [3.63, 3.8) is 0 Å². The molecule has 0 amide bonds. The second-order valence-electron chi connectivity index (χ2n) is 4.34. The molecule has 3 nitrogen and oxygen atoms in total. The zero-order valence-electron chi connectivity index (χ0n) is 11.0. The van der Waals surface area contributed by atoms with E-state index in [2.05, 4.69) is 17.2 Å². The number of hydrogen-bond acceptors (Lipinski definition) is 2. The van der Waals surface area contributed by atoms with E-state index in [1.165, 1.54) is 6.07 Å². The molecule has 0 aliphatic rings. The van der Waals surface area contributed by atoms with Crippen LogP contribution in [0.2, 0.25) is 5.02 Å². The molecule has 0 spiro atoms. The van der Waals surface area contributed by atoms with E-state index in [-0.39, 0.29) is 11.9 Å². The van der Waals surface area contributed by atoms with Gasteiger partial charge in [0, 0.05) is 42.0 Å². The highest BCUT2D eigenvalue weighted by Gasteiger charge is 2.17. The maximum absolute atomic E-state index is 13.9. The maximum Gasteiger partial charge on any atom is 0.128 e. The monoisotopic (exact) mass is 281 g/mol. The molecule has 0 fully saturated rings. The average Bonchev–Trinajstić information content (AvgIpc) is 2.86. The quantitative estimate of drug-likeness (QED) is 0.912. The molecule has 1 aromatic carbocycles. The lowest BCUT2D eigenvalue weighted by molar-refractivity contribution is 0.514. The van der Waals surface area contributed by atoms with E-state index in [9.17, 15) is 4.39 Å². The number of hydrogen-bond donors (Lipinski definition) is 1. The number of imidazole rings is 1. The van der Waals surface area contributed by atoms with Crippen molar-refractivity contribution in [1.29, 1.82) is 0 Å². The number of aryl methyl sites for hydroxylation is 1. The molecule has 19 heavy (non-hydrogen) atoms. The van der Waals surface area contributed by atoms with Gasteiger partial charge in [-0.3, -0.25) is 0 Å². The van der Waals surface area contributed by atoms with Gasteiger partial charge in [0.15, 0.2) is 0 Å². The molecule has 0 aliphatic heterocycles. The zero-order chi connectivity index (χ0) is 13.8. The van der Waals surface area contributed by atoms with Crippen LogP contribution in [-0.2, 0) is 13.0 Å². The first kappa shape index (κ1) is 14.0. The maximum atomic E-state index is 13.9. The smallest absolute Gasteiger partial charge is 0.128 e. The summed E-state index contributed by atoms with van der Waals surface area (Å²) in [6.45, 7) is 2.91. The lowest BCUT2D eigenvalue weighted by Gasteiger charge is -2.18. The van der Waals surface area contributed by atoms with Crippen molar-refractivity contribution in [2.75, 3.05) is 7.05 Å². The van der Waals surface area contributed by atoms with Crippen LogP contribution in [0.25, 0.3) is 0 Å². The molecule has 0 bridgehead atoms. The van der Waals surface area contributed by atoms with E-state index in [1.54, 1.807) is 18.3 Å². The molecule has 1 atom stereocenters. The standard InChI is InChI=1S/C14H17ClFN3/c1-3-19-7-6-18-14(19)9-13(17-2)11-8-10(15)4-5-12(11)16/h4-8,13,17H,3,9H2,1-2H3. The van der Waals surface area contributed by atoms with E-state index < -0.39 is 0 Å². The SMILES string of the molecule is CCn1ccnc1CC(NC)c1cc(Cl)ccc1F. The van der Waals surface area contributed by atoms with Crippen LogP contribution >= 0.6 is 11.6 Å². The first-order valence-electron chi connectivity index (χ1n) is 6.28. The first-order valence-corrected chi connectivity index (χ1v) is 6.65. The van der Waals surface area contributed by atoms with Crippen LogP contribution in [0.1, 0.15) is 24.4 Å². The summed E-state index contributed by atoms with van der Waals surface area (Å²) in [6.07, 6.45) is 4.31. The summed E-state index contributed by atoms with van der Waals surface area (Å²) in [4.78, 5) is 4.32. The number of nitrogens with zero attached hydrogens (tertiary/aromatic N) is 2. The van der Waals surface area contributed by atoms with Crippen LogP contribution in [-0.4, -0.2) is 16.6 Å². The van der Waals surface area contributed by atoms with Gasteiger partial charge in [-0.1, -0.05) is 11.6 Å². The molecule has 0 radical (unpaired) electrons. The summed E-state index contributed by atoms with van der Waals surface area (Å²) in [7, 11) is 1.81. The number of nitrogens with one attached hydrogen (secondary N) is 1. The van der Waals surface area contributed by atoms with Crippen LogP contribution < -0.4 is 5.32 Å². The van der Waals surface area contributed by atoms with Gasteiger partial charge < -0.3 is 9.88 Å². The summed E-state index contributed by atoms with van der Waals surface area (Å²) >= 11 is 5.94. The van der Waals surface area contributed by atoms with E-state index in [4.69, 9.17) is 11.6 Å². The van der Waals surface area contributed by atoms with Crippen LogP contribution in [0.3, 0.4) is 0 Å². The Balaban J connectivity index is 2.27. The summed E-state index contributed by atoms with van der Waals surface area (Å²) in [5, 5.41) is 3.66. The van der Waals surface area contributed by atoms with Crippen molar-refractivity contribution in [2.24, 2.45) is 0 Å². The Kier molecular flexibility index (Phi) is 4.56. The molecule has 1 unspecified atom stereocenters. The van der Waals surface area contributed by atoms with E-state index in [0.717, 1.165) is 12.4 Å². The predicted octanol–water partition coefficient (Wildman–Crippen LogP) is 3.20. The first-order chi connectivity index (χ1) is 9.15. The minimum atomic E-state index is -0.252. The second-order valence-corrected chi connectivity index (χ2v) is 4.78. The number of aromatic nitrogens is 2. The van der Waals surface area contributed by atoms with Gasteiger partial charge in [0.1, 0.15) is 11.6 Å². The van der Waals surface area contributed by atoms with Crippen molar-refractivity contribution in [3.8, 4) is 0 Å². The van der Waals surface area contributed by atoms with Gasteiger partial charge in [-0.05, 0) is 32.2 Å². The minimum absolute atomic E-state index is 0.147. The van der Waals surface area contributed by atoms with Crippen LogP contribution in [0.15, 0.2) is 30.6 Å². The Labute approximate surface area is 117 Å². The Morgan fingerprint density at radius 1 is 1.47 bits per heavy atom. The summed E-state index contributed by atoms with van der Waals surface area (Å²) in [5.74, 6) is 0.680. The molecular weight excluding hydrogens is 265 g/mol. The molecule has 0 saturated heterocycles. The molecule has 0 aliphatic carbocycles. The largest absolute Gasteiger partial charge is 0.335 e. The molecular formula is C14H17ClFN3. The van der Waals surface area contributed by atoms with E-state index in [1.807, 2.05) is 17.8 Å². The van der Waals surface area contributed by atoms with Crippen LogP contribution in [0.4, 0.5) is 4.39 Å². The van der Waals surface area contributed by atoms with Gasteiger partial charge in [-0.2, -0.15) is 0 Å². The van der Waals surface area contributed by atoms with Gasteiger partial charge in [0.25, 0.3) is 0 Å². The Morgan fingerprint density at radius 3 is 2.95 bits per heavy atom. The van der Waals surface area contributed by atoms with Crippen LogP contribution in [0.5, 0.6) is 0 Å². The van der Waals surface area contributed by atoms with Gasteiger partial charge in [0.2, 0.25) is 0 Å². The highest BCUT2D eigenvalue weighted by atomic mass is 35.5. The Bertz CT molecular complexity index is 553. The Morgan fingerprint density at radius 2 is 2.26 bits per heavy atom. The topological polar surface area (TPSA) is 29.9 Å².